The van der Waals surface area contributed by atoms with Gasteiger partial charge in [0.05, 0.1) is 42.1 Å². The van der Waals surface area contributed by atoms with E-state index in [1.54, 1.807) is 24.5 Å². The summed E-state index contributed by atoms with van der Waals surface area (Å²) in [5.74, 6) is -0.131. The van der Waals surface area contributed by atoms with Crippen molar-refractivity contribution < 1.29 is 14.0 Å². The molecule has 3 atom stereocenters. The van der Waals surface area contributed by atoms with Crippen molar-refractivity contribution in [2.45, 2.75) is 31.1 Å². The fourth-order valence-corrected chi connectivity index (χ4v) is 5.13. The molecule has 0 saturated carbocycles. The molecule has 2 N–H and O–H groups in total. The van der Waals surface area contributed by atoms with Crippen LogP contribution in [0.1, 0.15) is 23.2 Å². The van der Waals surface area contributed by atoms with Gasteiger partial charge in [0.15, 0.2) is 0 Å². The number of carbonyl (C=O) groups excluding carboxylic acids is 2. The Bertz CT molecular complexity index is 1330. The Kier molecular flexibility index (Phi) is 6.48. The van der Waals surface area contributed by atoms with Crippen molar-refractivity contribution in [1.82, 2.24) is 19.8 Å². The van der Waals surface area contributed by atoms with Crippen molar-refractivity contribution >= 4 is 34.2 Å². The van der Waals surface area contributed by atoms with Gasteiger partial charge in [-0.15, -0.1) is 0 Å². The molecule has 5 rings (SSSR count). The van der Waals surface area contributed by atoms with Crippen molar-refractivity contribution in [3.8, 4) is 6.07 Å². The standard InChI is InChI=1S/C26H26FN7O2/c27-18-11-21(12-28)33(14-18)24(35)16-32-10-8-20(15-32)34(19-4-2-9-30-13-19)23-7-6-17-3-1-5-22(26(29)36)25(17)31-23/h1-7,9,13,18,20-21H,8,10-11,14-16H2,(H2,29,36)/t18-,20-,21-/m0/s1. The van der Waals surface area contributed by atoms with E-state index >= 15 is 0 Å². The van der Waals surface area contributed by atoms with Gasteiger partial charge >= 0.3 is 0 Å². The molecule has 2 aromatic heterocycles. The molecule has 0 spiro atoms. The second kappa shape index (κ2) is 9.87. The van der Waals surface area contributed by atoms with E-state index in [1.807, 2.05) is 41.3 Å². The van der Waals surface area contributed by atoms with Crippen LogP contribution in [-0.4, -0.2) is 76.0 Å². The number of amides is 2. The highest BCUT2D eigenvalue weighted by atomic mass is 19.1. The lowest BCUT2D eigenvalue weighted by molar-refractivity contribution is -0.132. The summed E-state index contributed by atoms with van der Waals surface area (Å²) in [5.41, 5.74) is 7.31. The summed E-state index contributed by atoms with van der Waals surface area (Å²) in [7, 11) is 0. The van der Waals surface area contributed by atoms with Crippen LogP contribution in [-0.2, 0) is 4.79 Å². The minimum absolute atomic E-state index is 0.0213. The third kappa shape index (κ3) is 4.57. The number of para-hydroxylation sites is 1. The predicted octanol–water partition coefficient (Wildman–Crippen LogP) is 2.40. The summed E-state index contributed by atoms with van der Waals surface area (Å²) in [5, 5.41) is 10.1. The van der Waals surface area contributed by atoms with Crippen LogP contribution in [0.2, 0.25) is 0 Å². The lowest BCUT2D eigenvalue weighted by Crippen LogP contribution is -2.43. The Hall–Kier alpha value is -4.10. The van der Waals surface area contributed by atoms with E-state index in [9.17, 15) is 19.2 Å². The van der Waals surface area contributed by atoms with Gasteiger partial charge in [-0.3, -0.25) is 19.5 Å². The zero-order valence-electron chi connectivity index (χ0n) is 19.6. The molecule has 4 heterocycles. The first-order chi connectivity index (χ1) is 17.4. The summed E-state index contributed by atoms with van der Waals surface area (Å²) in [6.07, 6.45) is 3.12. The van der Waals surface area contributed by atoms with Crippen LogP contribution in [0.15, 0.2) is 54.9 Å². The lowest BCUT2D eigenvalue weighted by atomic mass is 10.1. The number of benzene rings is 1. The first-order valence-corrected chi connectivity index (χ1v) is 11.9. The molecule has 2 saturated heterocycles. The topological polar surface area (TPSA) is 119 Å². The van der Waals surface area contributed by atoms with Crippen LogP contribution < -0.4 is 10.6 Å². The number of alkyl halides is 1. The zero-order chi connectivity index (χ0) is 25.2. The number of rotatable bonds is 6. The number of nitriles is 1. The van der Waals surface area contributed by atoms with Gasteiger partial charge in [0, 0.05) is 37.1 Å². The lowest BCUT2D eigenvalue weighted by Gasteiger charge is -2.30. The van der Waals surface area contributed by atoms with Crippen molar-refractivity contribution in [2.75, 3.05) is 31.1 Å². The van der Waals surface area contributed by atoms with Crippen LogP contribution in [0.5, 0.6) is 0 Å². The van der Waals surface area contributed by atoms with Crippen molar-refractivity contribution in [3.05, 3.63) is 60.4 Å². The zero-order valence-corrected chi connectivity index (χ0v) is 19.6. The number of halogens is 1. The SMILES string of the molecule is N#C[C@@H]1C[C@H](F)CN1C(=O)CN1CC[C@H](N(c2cccnc2)c2ccc3cccc(C(N)=O)c3n2)C1. The van der Waals surface area contributed by atoms with Crippen LogP contribution in [0, 0.1) is 11.3 Å². The van der Waals surface area contributed by atoms with Crippen LogP contribution >= 0.6 is 0 Å². The fraction of sp³-hybridized carbons (Fsp3) is 0.346. The molecule has 9 nitrogen and oxygen atoms in total. The van der Waals surface area contributed by atoms with Crippen LogP contribution in [0.25, 0.3) is 10.9 Å². The number of fused-ring (bicyclic) bond motifs is 1. The van der Waals surface area contributed by atoms with Gasteiger partial charge in [0.1, 0.15) is 18.0 Å². The van der Waals surface area contributed by atoms with E-state index in [2.05, 4.69) is 9.88 Å². The van der Waals surface area contributed by atoms with E-state index in [-0.39, 0.29) is 31.5 Å². The number of aromatic nitrogens is 2. The first-order valence-electron chi connectivity index (χ1n) is 11.9. The number of likely N-dealkylation sites (tertiary alicyclic amines) is 2. The molecule has 0 radical (unpaired) electrons. The Morgan fingerprint density at radius 2 is 2.06 bits per heavy atom. The molecule has 184 valence electrons. The van der Waals surface area contributed by atoms with Crippen molar-refractivity contribution in [3.63, 3.8) is 0 Å². The maximum Gasteiger partial charge on any atom is 0.250 e. The summed E-state index contributed by atoms with van der Waals surface area (Å²) in [6, 6.07) is 14.2. The van der Waals surface area contributed by atoms with E-state index in [4.69, 9.17) is 10.7 Å². The number of anilines is 2. The molecule has 2 aliphatic rings. The maximum atomic E-state index is 13.8. The van der Waals surface area contributed by atoms with Gasteiger partial charge in [-0.1, -0.05) is 12.1 Å². The minimum atomic E-state index is -1.16. The van der Waals surface area contributed by atoms with Crippen LogP contribution in [0.4, 0.5) is 15.9 Å². The number of pyridine rings is 2. The van der Waals surface area contributed by atoms with Gasteiger partial charge in [-0.05, 0) is 36.8 Å². The average Bonchev–Trinajstić information content (AvgIpc) is 3.50. The molecule has 3 aromatic rings. The molecule has 2 fully saturated rings. The smallest absolute Gasteiger partial charge is 0.250 e. The number of hydrogen-bond donors (Lipinski definition) is 1. The third-order valence-corrected chi connectivity index (χ3v) is 6.83. The summed E-state index contributed by atoms with van der Waals surface area (Å²) < 4.78 is 13.8. The second-order valence-corrected chi connectivity index (χ2v) is 9.19. The monoisotopic (exact) mass is 487 g/mol. The third-order valence-electron chi connectivity index (χ3n) is 6.83. The van der Waals surface area contributed by atoms with Gasteiger partial charge < -0.3 is 15.5 Å². The van der Waals surface area contributed by atoms with Crippen molar-refractivity contribution in [1.29, 1.82) is 5.26 Å². The Labute approximate surface area is 207 Å². The quantitative estimate of drug-likeness (QED) is 0.567. The molecule has 36 heavy (non-hydrogen) atoms. The summed E-state index contributed by atoms with van der Waals surface area (Å²) >= 11 is 0. The van der Waals surface area contributed by atoms with Gasteiger partial charge in [0.2, 0.25) is 5.91 Å². The van der Waals surface area contributed by atoms with E-state index < -0.39 is 18.1 Å². The maximum absolute atomic E-state index is 13.8. The van der Waals surface area contributed by atoms with Gasteiger partial charge in [-0.2, -0.15) is 5.26 Å². The van der Waals surface area contributed by atoms with E-state index in [0.29, 0.717) is 30.0 Å². The Balaban J connectivity index is 1.41. The summed E-state index contributed by atoms with van der Waals surface area (Å²) in [4.78, 5) is 39.4. The second-order valence-electron chi connectivity index (χ2n) is 9.19. The number of carbonyl (C=O) groups is 2. The number of primary amides is 1. The van der Waals surface area contributed by atoms with Crippen molar-refractivity contribution in [2.24, 2.45) is 5.73 Å². The highest BCUT2D eigenvalue weighted by Gasteiger charge is 2.37. The van der Waals surface area contributed by atoms with Gasteiger partial charge in [0.25, 0.3) is 5.91 Å². The highest BCUT2D eigenvalue weighted by Crippen LogP contribution is 2.32. The number of nitrogens with two attached hydrogens (primary N) is 1. The average molecular weight is 488 g/mol. The first kappa shape index (κ1) is 23.6. The highest BCUT2D eigenvalue weighted by molar-refractivity contribution is 6.05. The molecule has 10 heteroatoms. The number of nitrogens with zero attached hydrogens (tertiary/aromatic N) is 6. The molecule has 2 amide bonds. The summed E-state index contributed by atoms with van der Waals surface area (Å²) in [6.45, 7) is 1.33. The fourth-order valence-electron chi connectivity index (χ4n) is 5.13. The molecule has 0 aliphatic carbocycles. The predicted molar refractivity (Wildman–Crippen MR) is 132 cm³/mol. The minimum Gasteiger partial charge on any atom is -0.366 e. The van der Waals surface area contributed by atoms with Gasteiger partial charge in [-0.25, -0.2) is 9.37 Å². The molecular weight excluding hydrogens is 461 g/mol. The molecule has 1 aromatic carbocycles. The van der Waals surface area contributed by atoms with E-state index in [1.165, 1.54) is 4.90 Å². The number of hydrogen-bond acceptors (Lipinski definition) is 7. The van der Waals surface area contributed by atoms with E-state index in [0.717, 1.165) is 17.5 Å². The molecule has 2 aliphatic heterocycles. The molecule has 0 unspecified atom stereocenters. The largest absolute Gasteiger partial charge is 0.366 e. The Morgan fingerprint density at radius 1 is 1.19 bits per heavy atom. The van der Waals surface area contributed by atoms with Crippen LogP contribution in [0.3, 0.4) is 0 Å². The Morgan fingerprint density at radius 3 is 2.81 bits per heavy atom. The molecule has 0 bridgehead atoms. The normalized spacial score (nSPS) is 22.0. The molecular formula is C26H26FN7O2.